The lowest BCUT2D eigenvalue weighted by atomic mass is 10.1. The molecule has 1 saturated carbocycles. The lowest BCUT2D eigenvalue weighted by molar-refractivity contribution is -0.384. The minimum absolute atomic E-state index is 0.0220. The largest absolute Gasteiger partial charge is 0.312 e. The highest BCUT2D eigenvalue weighted by Crippen LogP contribution is 2.36. The normalized spacial score (nSPS) is 16.6. The lowest BCUT2D eigenvalue weighted by Gasteiger charge is -2.11. The summed E-state index contributed by atoms with van der Waals surface area (Å²) in [5, 5.41) is 14.3. The van der Waals surface area contributed by atoms with Crippen molar-refractivity contribution in [2.24, 2.45) is 11.8 Å². The van der Waals surface area contributed by atoms with Crippen LogP contribution in [0.15, 0.2) is 18.2 Å². The van der Waals surface area contributed by atoms with Gasteiger partial charge in [0.05, 0.1) is 4.92 Å². The van der Waals surface area contributed by atoms with Crippen molar-refractivity contribution in [1.82, 2.24) is 5.32 Å². The molecule has 0 radical (unpaired) electrons. The summed E-state index contributed by atoms with van der Waals surface area (Å²) in [7, 11) is 0. The number of hydrogen-bond acceptors (Lipinski definition) is 3. The van der Waals surface area contributed by atoms with Gasteiger partial charge in [-0.25, -0.2) is 0 Å². The number of nitrogens with one attached hydrogen (secondary N) is 1. The summed E-state index contributed by atoms with van der Waals surface area (Å²) in [6.45, 7) is 3.85. The van der Waals surface area contributed by atoms with Crippen LogP contribution in [0, 0.1) is 22.0 Å². The molecular weight excluding hydrogens is 252 g/mol. The van der Waals surface area contributed by atoms with Crippen LogP contribution in [0.1, 0.15) is 25.3 Å². The molecule has 1 N–H and O–H groups in total. The zero-order chi connectivity index (χ0) is 13.1. The quantitative estimate of drug-likeness (QED) is 0.636. The first-order chi connectivity index (χ1) is 8.58. The van der Waals surface area contributed by atoms with Gasteiger partial charge in [0.15, 0.2) is 0 Å². The highest BCUT2D eigenvalue weighted by Gasteiger charge is 2.27. The SMILES string of the molecule is CC(CNCc1ccc(Cl)c([N+](=O)[O-])c1)C1CC1. The fraction of sp³-hybridized carbons (Fsp3) is 0.538. The summed E-state index contributed by atoms with van der Waals surface area (Å²) in [6.07, 6.45) is 2.69. The van der Waals surface area contributed by atoms with E-state index in [-0.39, 0.29) is 10.7 Å². The number of nitro groups is 1. The Morgan fingerprint density at radius 1 is 1.56 bits per heavy atom. The van der Waals surface area contributed by atoms with Crippen LogP contribution in [-0.2, 0) is 6.54 Å². The molecule has 0 bridgehead atoms. The van der Waals surface area contributed by atoms with Crippen molar-refractivity contribution < 1.29 is 4.92 Å². The molecular formula is C13H17ClN2O2. The second-order valence-electron chi connectivity index (χ2n) is 4.99. The van der Waals surface area contributed by atoms with Gasteiger partial charge in [-0.1, -0.05) is 24.6 Å². The predicted molar refractivity (Wildman–Crippen MR) is 71.7 cm³/mol. The predicted octanol–water partition coefficient (Wildman–Crippen LogP) is 3.38. The van der Waals surface area contributed by atoms with Gasteiger partial charge in [0.25, 0.3) is 5.69 Å². The summed E-state index contributed by atoms with van der Waals surface area (Å²) < 4.78 is 0. The summed E-state index contributed by atoms with van der Waals surface area (Å²) in [5.74, 6) is 1.56. The molecule has 1 aliphatic rings. The van der Waals surface area contributed by atoms with Crippen molar-refractivity contribution in [3.63, 3.8) is 0 Å². The third-order valence-corrected chi connectivity index (χ3v) is 3.75. The van der Waals surface area contributed by atoms with Crippen molar-refractivity contribution in [3.05, 3.63) is 38.9 Å². The average Bonchev–Trinajstić information content (AvgIpc) is 3.14. The summed E-state index contributed by atoms with van der Waals surface area (Å²) in [6, 6.07) is 4.95. The van der Waals surface area contributed by atoms with Gasteiger partial charge in [0.1, 0.15) is 5.02 Å². The molecule has 4 nitrogen and oxygen atoms in total. The Bertz CT molecular complexity index is 447. The van der Waals surface area contributed by atoms with Gasteiger partial charge in [-0.3, -0.25) is 10.1 Å². The van der Waals surface area contributed by atoms with Gasteiger partial charge in [0, 0.05) is 12.6 Å². The van der Waals surface area contributed by atoms with E-state index in [4.69, 9.17) is 11.6 Å². The molecule has 1 aliphatic carbocycles. The van der Waals surface area contributed by atoms with E-state index in [0.717, 1.165) is 18.0 Å². The molecule has 0 amide bonds. The standard InChI is InChI=1S/C13H17ClN2O2/c1-9(11-3-4-11)7-15-8-10-2-5-12(14)13(6-10)16(17)18/h2,5-6,9,11,15H,3-4,7-8H2,1H3. The van der Waals surface area contributed by atoms with Gasteiger partial charge in [0.2, 0.25) is 0 Å². The Balaban J connectivity index is 1.88. The van der Waals surface area contributed by atoms with E-state index in [9.17, 15) is 10.1 Å². The van der Waals surface area contributed by atoms with Gasteiger partial charge in [-0.05, 0) is 42.9 Å². The van der Waals surface area contributed by atoms with E-state index in [1.807, 2.05) is 6.07 Å². The zero-order valence-electron chi connectivity index (χ0n) is 10.4. The molecule has 1 fully saturated rings. The second-order valence-corrected chi connectivity index (χ2v) is 5.40. The van der Waals surface area contributed by atoms with Crippen LogP contribution in [0.2, 0.25) is 5.02 Å². The first kappa shape index (κ1) is 13.3. The highest BCUT2D eigenvalue weighted by atomic mass is 35.5. The fourth-order valence-corrected chi connectivity index (χ4v) is 2.27. The summed E-state index contributed by atoms with van der Waals surface area (Å²) >= 11 is 5.76. The minimum atomic E-state index is -0.446. The monoisotopic (exact) mass is 268 g/mol. The van der Waals surface area contributed by atoms with E-state index in [0.29, 0.717) is 12.5 Å². The Morgan fingerprint density at radius 2 is 2.28 bits per heavy atom. The van der Waals surface area contributed by atoms with Crippen molar-refractivity contribution >= 4 is 17.3 Å². The van der Waals surface area contributed by atoms with Gasteiger partial charge >= 0.3 is 0 Å². The molecule has 0 heterocycles. The first-order valence-electron chi connectivity index (χ1n) is 6.21. The van der Waals surface area contributed by atoms with Crippen molar-refractivity contribution in [3.8, 4) is 0 Å². The van der Waals surface area contributed by atoms with Crippen LogP contribution in [0.25, 0.3) is 0 Å². The summed E-state index contributed by atoms with van der Waals surface area (Å²) in [5.41, 5.74) is 0.875. The molecule has 18 heavy (non-hydrogen) atoms. The van der Waals surface area contributed by atoms with E-state index in [1.54, 1.807) is 6.07 Å². The van der Waals surface area contributed by atoms with E-state index in [2.05, 4.69) is 12.2 Å². The maximum Gasteiger partial charge on any atom is 0.288 e. The number of rotatable bonds is 6. The molecule has 2 rings (SSSR count). The van der Waals surface area contributed by atoms with Crippen LogP contribution in [0.5, 0.6) is 0 Å². The molecule has 1 aromatic carbocycles. The van der Waals surface area contributed by atoms with Gasteiger partial charge < -0.3 is 5.32 Å². The second kappa shape index (κ2) is 5.67. The Hall–Kier alpha value is -1.13. The van der Waals surface area contributed by atoms with Crippen LogP contribution in [0.4, 0.5) is 5.69 Å². The van der Waals surface area contributed by atoms with Crippen LogP contribution in [-0.4, -0.2) is 11.5 Å². The van der Waals surface area contributed by atoms with E-state index in [1.165, 1.54) is 18.9 Å². The molecule has 1 atom stereocenters. The Morgan fingerprint density at radius 3 is 2.89 bits per heavy atom. The minimum Gasteiger partial charge on any atom is -0.312 e. The average molecular weight is 269 g/mol. The number of nitro benzene ring substituents is 1. The smallest absolute Gasteiger partial charge is 0.288 e. The zero-order valence-corrected chi connectivity index (χ0v) is 11.1. The number of benzene rings is 1. The number of nitrogens with zero attached hydrogens (tertiary/aromatic N) is 1. The maximum absolute atomic E-state index is 10.8. The molecule has 1 unspecified atom stereocenters. The molecule has 0 aliphatic heterocycles. The Kier molecular flexibility index (Phi) is 4.19. The third-order valence-electron chi connectivity index (χ3n) is 3.43. The van der Waals surface area contributed by atoms with Gasteiger partial charge in [-0.15, -0.1) is 0 Å². The first-order valence-corrected chi connectivity index (χ1v) is 6.59. The van der Waals surface area contributed by atoms with Crippen molar-refractivity contribution in [2.45, 2.75) is 26.3 Å². The third kappa shape index (κ3) is 3.43. The van der Waals surface area contributed by atoms with Crippen molar-refractivity contribution in [2.75, 3.05) is 6.54 Å². The van der Waals surface area contributed by atoms with Crippen LogP contribution >= 0.6 is 11.6 Å². The summed E-state index contributed by atoms with van der Waals surface area (Å²) in [4.78, 5) is 10.3. The Labute approximate surface area is 111 Å². The molecule has 0 aromatic heterocycles. The van der Waals surface area contributed by atoms with Crippen LogP contribution < -0.4 is 5.32 Å². The highest BCUT2D eigenvalue weighted by molar-refractivity contribution is 6.32. The molecule has 5 heteroatoms. The van der Waals surface area contributed by atoms with Gasteiger partial charge in [-0.2, -0.15) is 0 Å². The van der Waals surface area contributed by atoms with E-state index >= 15 is 0 Å². The van der Waals surface area contributed by atoms with Crippen LogP contribution in [0.3, 0.4) is 0 Å². The van der Waals surface area contributed by atoms with E-state index < -0.39 is 4.92 Å². The molecule has 98 valence electrons. The number of halogens is 1. The lowest BCUT2D eigenvalue weighted by Crippen LogP contribution is -2.21. The topological polar surface area (TPSA) is 55.2 Å². The fourth-order valence-electron chi connectivity index (χ4n) is 2.08. The molecule has 1 aromatic rings. The van der Waals surface area contributed by atoms with Crippen molar-refractivity contribution in [1.29, 1.82) is 0 Å². The maximum atomic E-state index is 10.8. The molecule has 0 spiro atoms. The molecule has 0 saturated heterocycles. The number of hydrogen-bond donors (Lipinski definition) is 1.